The topological polar surface area (TPSA) is 66.9 Å². The molecule has 0 aliphatic carbocycles. The van der Waals surface area contributed by atoms with E-state index in [4.69, 9.17) is 4.74 Å². The van der Waals surface area contributed by atoms with Crippen LogP contribution in [0.1, 0.15) is 44.1 Å². The van der Waals surface area contributed by atoms with Crippen LogP contribution in [0.4, 0.5) is 0 Å². The Kier molecular flexibility index (Phi) is 6.42. The van der Waals surface area contributed by atoms with Crippen molar-refractivity contribution in [2.45, 2.75) is 50.3 Å². The first-order chi connectivity index (χ1) is 12.9. The summed E-state index contributed by atoms with van der Waals surface area (Å²) in [6.07, 6.45) is 5.88. The molecule has 0 N–H and O–H groups in total. The molecule has 0 unspecified atom stereocenters. The SMILES string of the molecule is COc1ccc(C)cc1S(=O)(=O)N1CCC[C@H](C(=O)N2CCCCCC2)C1. The monoisotopic (exact) mass is 394 g/mol. The second-order valence-electron chi connectivity index (χ2n) is 7.60. The molecule has 0 spiro atoms. The Morgan fingerprint density at radius 3 is 2.44 bits per heavy atom. The van der Waals surface area contributed by atoms with Gasteiger partial charge in [0.05, 0.1) is 13.0 Å². The number of hydrogen-bond donors (Lipinski definition) is 0. The van der Waals surface area contributed by atoms with Crippen LogP contribution >= 0.6 is 0 Å². The first-order valence-electron chi connectivity index (χ1n) is 9.87. The Labute approximate surface area is 162 Å². The molecule has 0 bridgehead atoms. The number of likely N-dealkylation sites (tertiary alicyclic amines) is 1. The molecule has 0 aromatic heterocycles. The normalized spacial score (nSPS) is 22.3. The summed E-state index contributed by atoms with van der Waals surface area (Å²) in [5, 5.41) is 0. The van der Waals surface area contributed by atoms with Gasteiger partial charge in [-0.25, -0.2) is 8.42 Å². The van der Waals surface area contributed by atoms with Crippen molar-refractivity contribution in [2.75, 3.05) is 33.3 Å². The van der Waals surface area contributed by atoms with Gasteiger partial charge in [-0.3, -0.25) is 4.79 Å². The minimum Gasteiger partial charge on any atom is -0.495 e. The van der Waals surface area contributed by atoms with E-state index in [1.807, 2.05) is 17.9 Å². The van der Waals surface area contributed by atoms with Crippen LogP contribution < -0.4 is 4.74 Å². The van der Waals surface area contributed by atoms with E-state index in [1.54, 1.807) is 12.1 Å². The van der Waals surface area contributed by atoms with E-state index < -0.39 is 10.0 Å². The number of hydrogen-bond acceptors (Lipinski definition) is 4. The molecule has 6 nitrogen and oxygen atoms in total. The summed E-state index contributed by atoms with van der Waals surface area (Å²) >= 11 is 0. The van der Waals surface area contributed by atoms with Gasteiger partial charge in [-0.1, -0.05) is 18.9 Å². The average molecular weight is 395 g/mol. The zero-order valence-electron chi connectivity index (χ0n) is 16.3. The van der Waals surface area contributed by atoms with Gasteiger partial charge >= 0.3 is 0 Å². The molecule has 2 aliphatic heterocycles. The fraction of sp³-hybridized carbons (Fsp3) is 0.650. The molecule has 2 saturated heterocycles. The van der Waals surface area contributed by atoms with Gasteiger partial charge in [-0.15, -0.1) is 0 Å². The number of amides is 1. The van der Waals surface area contributed by atoms with Crippen molar-refractivity contribution in [1.82, 2.24) is 9.21 Å². The minimum atomic E-state index is -3.69. The van der Waals surface area contributed by atoms with Crippen molar-refractivity contribution in [2.24, 2.45) is 5.92 Å². The fourth-order valence-corrected chi connectivity index (χ4v) is 5.80. The number of methoxy groups -OCH3 is 1. The highest BCUT2D eigenvalue weighted by molar-refractivity contribution is 7.89. The Hall–Kier alpha value is -1.60. The first kappa shape index (κ1) is 20.1. The van der Waals surface area contributed by atoms with E-state index in [-0.39, 0.29) is 23.3 Å². The number of sulfonamides is 1. The van der Waals surface area contributed by atoms with Gasteiger partial charge in [-0.2, -0.15) is 4.31 Å². The molecule has 27 heavy (non-hydrogen) atoms. The van der Waals surface area contributed by atoms with E-state index in [9.17, 15) is 13.2 Å². The Bertz CT molecular complexity index is 770. The van der Waals surface area contributed by atoms with Crippen molar-refractivity contribution < 1.29 is 17.9 Å². The maximum atomic E-state index is 13.2. The molecule has 1 amide bonds. The van der Waals surface area contributed by atoms with Crippen LogP contribution in [-0.4, -0.2) is 56.8 Å². The number of aryl methyl sites for hydroxylation is 1. The molecule has 1 atom stereocenters. The van der Waals surface area contributed by atoms with Crippen LogP contribution in [0, 0.1) is 12.8 Å². The highest BCUT2D eigenvalue weighted by Gasteiger charge is 2.36. The standard InChI is InChI=1S/C20H30N2O4S/c1-16-9-10-18(26-2)19(14-16)27(24,25)22-13-7-8-17(15-22)20(23)21-11-5-3-4-6-12-21/h9-10,14,17H,3-8,11-13,15H2,1-2H3/t17-/m0/s1. The molecule has 2 aliphatic rings. The first-order valence-corrected chi connectivity index (χ1v) is 11.3. The second-order valence-corrected chi connectivity index (χ2v) is 9.50. The lowest BCUT2D eigenvalue weighted by molar-refractivity contribution is -0.136. The van der Waals surface area contributed by atoms with E-state index in [2.05, 4.69) is 0 Å². The lowest BCUT2D eigenvalue weighted by Gasteiger charge is -2.34. The molecule has 2 fully saturated rings. The summed E-state index contributed by atoms with van der Waals surface area (Å²) in [6.45, 7) is 4.17. The van der Waals surface area contributed by atoms with Crippen molar-refractivity contribution in [3.05, 3.63) is 23.8 Å². The van der Waals surface area contributed by atoms with E-state index in [1.165, 1.54) is 24.3 Å². The Morgan fingerprint density at radius 2 is 1.78 bits per heavy atom. The van der Waals surface area contributed by atoms with Crippen LogP contribution in [0.25, 0.3) is 0 Å². The summed E-state index contributed by atoms with van der Waals surface area (Å²) in [5.41, 5.74) is 0.864. The predicted octanol–water partition coefficient (Wildman–Crippen LogP) is 2.81. The number of ether oxygens (including phenoxy) is 1. The Morgan fingerprint density at radius 1 is 1.07 bits per heavy atom. The molecular formula is C20H30N2O4S. The smallest absolute Gasteiger partial charge is 0.246 e. The highest BCUT2D eigenvalue weighted by atomic mass is 32.2. The van der Waals surface area contributed by atoms with Gasteiger partial charge in [0.25, 0.3) is 0 Å². The van der Waals surface area contributed by atoms with Gasteiger partial charge < -0.3 is 9.64 Å². The Balaban J connectivity index is 1.79. The summed E-state index contributed by atoms with van der Waals surface area (Å²) in [6, 6.07) is 5.17. The molecule has 7 heteroatoms. The van der Waals surface area contributed by atoms with Crippen molar-refractivity contribution in [3.8, 4) is 5.75 Å². The van der Waals surface area contributed by atoms with Crippen LogP contribution in [0.2, 0.25) is 0 Å². The number of rotatable bonds is 4. The second kappa shape index (κ2) is 8.61. The summed E-state index contributed by atoms with van der Waals surface area (Å²) in [7, 11) is -2.22. The molecule has 0 saturated carbocycles. The minimum absolute atomic E-state index is 0.119. The molecule has 1 aromatic rings. The predicted molar refractivity (Wildman–Crippen MR) is 104 cm³/mol. The van der Waals surface area contributed by atoms with E-state index in [0.29, 0.717) is 18.7 Å². The summed E-state index contributed by atoms with van der Waals surface area (Å²) in [4.78, 5) is 15.1. The summed E-state index contributed by atoms with van der Waals surface area (Å²) < 4.78 is 33.2. The number of carbonyl (C=O) groups excluding carboxylic acids is 1. The summed E-state index contributed by atoms with van der Waals surface area (Å²) in [5.74, 6) is 0.219. The molecule has 150 valence electrons. The third-order valence-corrected chi connectivity index (χ3v) is 7.47. The van der Waals surface area contributed by atoms with Crippen molar-refractivity contribution >= 4 is 15.9 Å². The molecule has 0 radical (unpaired) electrons. The fourth-order valence-electron chi connectivity index (χ4n) is 4.04. The lowest BCUT2D eigenvalue weighted by Crippen LogP contribution is -2.47. The van der Waals surface area contributed by atoms with Crippen LogP contribution in [-0.2, 0) is 14.8 Å². The van der Waals surface area contributed by atoms with Crippen LogP contribution in [0.15, 0.2) is 23.1 Å². The molecular weight excluding hydrogens is 364 g/mol. The van der Waals surface area contributed by atoms with Gasteiger partial charge in [0, 0.05) is 26.2 Å². The number of carbonyl (C=O) groups is 1. The molecule has 2 heterocycles. The third kappa shape index (κ3) is 4.46. The lowest BCUT2D eigenvalue weighted by atomic mass is 9.98. The number of nitrogens with zero attached hydrogens (tertiary/aromatic N) is 2. The van der Waals surface area contributed by atoms with E-state index >= 15 is 0 Å². The van der Waals surface area contributed by atoms with Crippen LogP contribution in [0.3, 0.4) is 0 Å². The molecule has 3 rings (SSSR count). The maximum absolute atomic E-state index is 13.2. The number of piperidine rings is 1. The maximum Gasteiger partial charge on any atom is 0.246 e. The quantitative estimate of drug-likeness (QED) is 0.788. The third-order valence-electron chi connectivity index (χ3n) is 5.59. The van der Waals surface area contributed by atoms with Crippen molar-refractivity contribution in [1.29, 1.82) is 0 Å². The largest absolute Gasteiger partial charge is 0.495 e. The van der Waals surface area contributed by atoms with Crippen LogP contribution in [0.5, 0.6) is 5.75 Å². The van der Waals surface area contributed by atoms with Crippen molar-refractivity contribution in [3.63, 3.8) is 0 Å². The van der Waals surface area contributed by atoms with Gasteiger partial charge in [0.15, 0.2) is 0 Å². The zero-order chi connectivity index (χ0) is 19.4. The average Bonchev–Trinajstić information content (AvgIpc) is 2.97. The number of benzene rings is 1. The van der Waals surface area contributed by atoms with Gasteiger partial charge in [0.1, 0.15) is 10.6 Å². The van der Waals surface area contributed by atoms with Gasteiger partial charge in [-0.05, 0) is 50.3 Å². The van der Waals surface area contributed by atoms with Gasteiger partial charge in [0.2, 0.25) is 15.9 Å². The van der Waals surface area contributed by atoms with E-state index in [0.717, 1.165) is 37.9 Å². The highest BCUT2D eigenvalue weighted by Crippen LogP contribution is 2.31. The molecule has 1 aromatic carbocycles. The zero-order valence-corrected chi connectivity index (χ0v) is 17.1.